The van der Waals surface area contributed by atoms with Gasteiger partial charge in [0.05, 0.1) is 0 Å². The molecule has 2 nitrogen and oxygen atoms in total. The summed E-state index contributed by atoms with van der Waals surface area (Å²) >= 11 is 0. The van der Waals surface area contributed by atoms with Crippen molar-refractivity contribution in [3.05, 3.63) is 0 Å². The predicted molar refractivity (Wildman–Crippen MR) is 7.97 cm³/mol. The van der Waals surface area contributed by atoms with Gasteiger partial charge in [-0.05, 0) is 0 Å². The van der Waals surface area contributed by atoms with Crippen LogP contribution >= 0.6 is 0 Å². The normalized spacial score (nSPS) is 3.50. The van der Waals surface area contributed by atoms with E-state index in [0.29, 0.717) is 0 Å². The van der Waals surface area contributed by atoms with Crippen LogP contribution in [0.3, 0.4) is 0 Å². The molecule has 0 spiro atoms. The van der Waals surface area contributed by atoms with Crippen LogP contribution in [-0.2, 0) is 0 Å². The van der Waals surface area contributed by atoms with E-state index in [4.69, 9.17) is 10.0 Å². The summed E-state index contributed by atoms with van der Waals surface area (Å²) in [5, 5.41) is 15.2. The average molecular weight is 66.8 g/mol. The maximum atomic E-state index is 8.36. The van der Waals surface area contributed by atoms with Crippen molar-refractivity contribution in [2.45, 2.75) is 0 Å². The van der Waals surface area contributed by atoms with Gasteiger partial charge in [-0.15, -0.1) is 0 Å². The van der Waals surface area contributed by atoms with E-state index < -0.39 is 0 Å². The van der Waals surface area contributed by atoms with Crippen LogP contribution in [0.1, 0.15) is 0 Å². The Balaban J connectivity index is 0. The Kier molecular flexibility index (Phi) is 20.0. The van der Waals surface area contributed by atoms with Gasteiger partial charge in [0.25, 0.3) is 0 Å². The third-order valence-electron chi connectivity index (χ3n) is 0. The average Bonchev–Trinajstić information content (AvgIpc) is 0.918. The number of hydrogen-bond donors (Lipinski definition) is 1. The molecule has 4 heteroatoms. The second kappa shape index (κ2) is 9.01. The zero-order valence-corrected chi connectivity index (χ0v) is 4.43. The summed E-state index contributed by atoms with van der Waals surface area (Å²) in [7, 11) is -0.250. The SMILES string of the molecule is [Na+].[O-][B]O. The van der Waals surface area contributed by atoms with Gasteiger partial charge < -0.3 is 10.0 Å². The minimum absolute atomic E-state index is 0. The molecule has 0 fully saturated rings. The summed E-state index contributed by atoms with van der Waals surface area (Å²) in [5.74, 6) is 0. The van der Waals surface area contributed by atoms with E-state index >= 15 is 0 Å². The van der Waals surface area contributed by atoms with Gasteiger partial charge in [0.15, 0.2) is 7.69 Å². The van der Waals surface area contributed by atoms with Crippen molar-refractivity contribution < 1.29 is 39.6 Å². The van der Waals surface area contributed by atoms with Gasteiger partial charge in [-0.1, -0.05) is 0 Å². The van der Waals surface area contributed by atoms with Gasteiger partial charge in [-0.25, -0.2) is 0 Å². The number of hydrogen-bond acceptors (Lipinski definition) is 2. The Morgan fingerprint density at radius 2 is 1.75 bits per heavy atom. The Morgan fingerprint density at radius 3 is 1.75 bits per heavy atom. The Hall–Kier alpha value is 0.985. The van der Waals surface area contributed by atoms with Crippen LogP contribution in [0, 0.1) is 0 Å². The Morgan fingerprint density at radius 1 is 1.75 bits per heavy atom. The molecule has 0 heterocycles. The molecule has 0 amide bonds. The monoisotopic (exact) mass is 67.0 g/mol. The molecule has 0 saturated carbocycles. The fraction of sp³-hybridized carbons (Fsp3) is 0. The van der Waals surface area contributed by atoms with Gasteiger partial charge in [-0.3, -0.25) is 0 Å². The van der Waals surface area contributed by atoms with E-state index in [1.807, 2.05) is 0 Å². The molecule has 4 heavy (non-hydrogen) atoms. The van der Waals surface area contributed by atoms with Crippen LogP contribution in [-0.4, -0.2) is 12.7 Å². The van der Waals surface area contributed by atoms with Gasteiger partial charge in [0.1, 0.15) is 0 Å². The van der Waals surface area contributed by atoms with E-state index in [-0.39, 0.29) is 37.2 Å². The first-order valence-corrected chi connectivity index (χ1v) is 0.494. The maximum absolute atomic E-state index is 8.36. The molecule has 0 aliphatic carbocycles. The third kappa shape index (κ3) is 12.1. The predicted octanol–water partition coefficient (Wildman–Crippen LogP) is -5.12. The van der Waals surface area contributed by atoms with Crippen LogP contribution in [0.5, 0.6) is 0 Å². The van der Waals surface area contributed by atoms with Gasteiger partial charge >= 0.3 is 29.6 Å². The molecular weight excluding hydrogens is 65.8 g/mol. The number of rotatable bonds is 0. The first kappa shape index (κ1) is 8.88. The molecule has 1 radical (unpaired) electrons. The Bertz CT molecular complexity index is 6.00. The molecule has 0 aliphatic rings. The molecular formula is HBNaO2. The third-order valence-corrected chi connectivity index (χ3v) is 0. The van der Waals surface area contributed by atoms with E-state index in [2.05, 4.69) is 0 Å². The van der Waals surface area contributed by atoms with Crippen molar-refractivity contribution in [1.82, 2.24) is 0 Å². The summed E-state index contributed by atoms with van der Waals surface area (Å²) in [6, 6.07) is 0. The van der Waals surface area contributed by atoms with Crippen molar-refractivity contribution in [1.29, 1.82) is 0 Å². The topological polar surface area (TPSA) is 43.3 Å². The fourth-order valence-corrected chi connectivity index (χ4v) is 0. The quantitative estimate of drug-likeness (QED) is 0.288. The van der Waals surface area contributed by atoms with Crippen molar-refractivity contribution in [3.8, 4) is 0 Å². The summed E-state index contributed by atoms with van der Waals surface area (Å²) in [4.78, 5) is 0. The Labute approximate surface area is 47.4 Å². The van der Waals surface area contributed by atoms with Gasteiger partial charge in [0.2, 0.25) is 0 Å². The molecule has 0 aromatic heterocycles. The zero-order chi connectivity index (χ0) is 2.71. The van der Waals surface area contributed by atoms with Crippen molar-refractivity contribution in [2.75, 3.05) is 0 Å². The largest absolute Gasteiger partial charge is 1.00 e. The molecule has 0 aromatic rings. The summed E-state index contributed by atoms with van der Waals surface area (Å²) in [5.41, 5.74) is 0. The van der Waals surface area contributed by atoms with E-state index in [9.17, 15) is 0 Å². The molecule has 0 rings (SSSR count). The molecule has 0 saturated heterocycles. The second-order valence-electron chi connectivity index (χ2n) is 0.105. The summed E-state index contributed by atoms with van der Waals surface area (Å²) in [6.45, 7) is 0. The molecule has 0 atom stereocenters. The van der Waals surface area contributed by atoms with Crippen molar-refractivity contribution in [3.63, 3.8) is 0 Å². The first-order valence-electron chi connectivity index (χ1n) is 0.494. The van der Waals surface area contributed by atoms with Crippen LogP contribution < -0.4 is 34.6 Å². The standard InChI is InChI=1S/BHO2.Na/c2-1-3;/h2H;/q-1;+1. The molecule has 0 aromatic carbocycles. The molecule has 1 N–H and O–H groups in total. The molecule has 17 valence electrons. The van der Waals surface area contributed by atoms with Gasteiger partial charge in [0, 0.05) is 0 Å². The minimum atomic E-state index is -0.250. The molecule has 0 bridgehead atoms. The summed E-state index contributed by atoms with van der Waals surface area (Å²) in [6.07, 6.45) is 0. The molecule has 0 unspecified atom stereocenters. The first-order chi connectivity index (χ1) is 1.41. The van der Waals surface area contributed by atoms with Crippen LogP contribution in [0.25, 0.3) is 0 Å². The fourth-order valence-electron chi connectivity index (χ4n) is 0. The van der Waals surface area contributed by atoms with Crippen LogP contribution in [0.4, 0.5) is 0 Å². The smallest absolute Gasteiger partial charge is 0.861 e. The van der Waals surface area contributed by atoms with Crippen molar-refractivity contribution in [2.24, 2.45) is 0 Å². The van der Waals surface area contributed by atoms with Crippen molar-refractivity contribution >= 4 is 7.69 Å². The maximum Gasteiger partial charge on any atom is 1.00 e. The minimum Gasteiger partial charge on any atom is -0.861 e. The van der Waals surface area contributed by atoms with E-state index in [0.717, 1.165) is 0 Å². The van der Waals surface area contributed by atoms with Gasteiger partial charge in [-0.2, -0.15) is 0 Å². The van der Waals surface area contributed by atoms with E-state index in [1.54, 1.807) is 0 Å². The second-order valence-corrected chi connectivity index (χ2v) is 0.105. The zero-order valence-electron chi connectivity index (χ0n) is 2.43. The molecule has 0 aliphatic heterocycles. The van der Waals surface area contributed by atoms with Crippen LogP contribution in [0.2, 0.25) is 0 Å². The van der Waals surface area contributed by atoms with Crippen LogP contribution in [0.15, 0.2) is 0 Å². The van der Waals surface area contributed by atoms with E-state index in [1.165, 1.54) is 0 Å². The summed E-state index contributed by atoms with van der Waals surface area (Å²) < 4.78 is 0.